The van der Waals surface area contributed by atoms with Crippen molar-refractivity contribution in [3.63, 3.8) is 0 Å². The maximum Gasteiger partial charge on any atom is 0.328 e. The number of anilines is 2. The molecule has 0 aliphatic heterocycles. The molecule has 1 atom stereocenters. The number of nitrogens with one attached hydrogen (secondary N) is 3. The number of rotatable bonds is 6. The Hall–Kier alpha value is -2.57. The minimum Gasteiger partial charge on any atom is -0.467 e. The van der Waals surface area contributed by atoms with E-state index in [-0.39, 0.29) is 11.8 Å². The van der Waals surface area contributed by atoms with Crippen molar-refractivity contribution in [1.29, 1.82) is 0 Å². The standard InChI is InChI=1S/C16H23N3O4/c1-10(2)8-14(15(21)23-4)19-16(22)18-13-7-5-6-12(9-13)17-11(3)20/h5-7,9-10,14H,8H2,1-4H3,(H,17,20)(H2,18,19,22). The monoisotopic (exact) mass is 321 g/mol. The summed E-state index contributed by atoms with van der Waals surface area (Å²) in [7, 11) is 1.28. The molecule has 0 aliphatic rings. The Balaban J connectivity index is 2.70. The van der Waals surface area contributed by atoms with Gasteiger partial charge in [0.05, 0.1) is 7.11 Å². The van der Waals surface area contributed by atoms with Crippen molar-refractivity contribution in [2.45, 2.75) is 33.2 Å². The summed E-state index contributed by atoms with van der Waals surface area (Å²) in [6.45, 7) is 5.30. The van der Waals surface area contributed by atoms with E-state index in [0.717, 1.165) is 0 Å². The van der Waals surface area contributed by atoms with Gasteiger partial charge >= 0.3 is 12.0 Å². The Labute approximate surface area is 135 Å². The molecule has 0 aromatic heterocycles. The van der Waals surface area contributed by atoms with Crippen molar-refractivity contribution >= 4 is 29.3 Å². The number of ether oxygens (including phenoxy) is 1. The van der Waals surface area contributed by atoms with Crippen LogP contribution in [0.1, 0.15) is 27.2 Å². The maximum atomic E-state index is 12.0. The Kier molecular flexibility index (Phi) is 7.05. The lowest BCUT2D eigenvalue weighted by atomic mass is 10.0. The van der Waals surface area contributed by atoms with Gasteiger partial charge in [-0.3, -0.25) is 4.79 Å². The van der Waals surface area contributed by atoms with Crippen LogP contribution < -0.4 is 16.0 Å². The van der Waals surface area contributed by atoms with Gasteiger partial charge in [-0.25, -0.2) is 9.59 Å². The molecule has 0 spiro atoms. The van der Waals surface area contributed by atoms with Gasteiger partial charge in [-0.1, -0.05) is 19.9 Å². The summed E-state index contributed by atoms with van der Waals surface area (Å²) in [5.41, 5.74) is 1.07. The molecule has 0 radical (unpaired) electrons. The molecule has 3 N–H and O–H groups in total. The third kappa shape index (κ3) is 6.82. The number of urea groups is 1. The lowest BCUT2D eigenvalue weighted by Crippen LogP contribution is -2.44. The molecule has 0 heterocycles. The van der Waals surface area contributed by atoms with E-state index >= 15 is 0 Å². The number of carbonyl (C=O) groups excluding carboxylic acids is 3. The molecule has 23 heavy (non-hydrogen) atoms. The fraction of sp³-hybridized carbons (Fsp3) is 0.438. The Morgan fingerprint density at radius 1 is 1.13 bits per heavy atom. The predicted molar refractivity (Wildman–Crippen MR) is 88.2 cm³/mol. The lowest BCUT2D eigenvalue weighted by Gasteiger charge is -2.18. The molecule has 1 unspecified atom stereocenters. The van der Waals surface area contributed by atoms with E-state index < -0.39 is 18.0 Å². The number of benzene rings is 1. The first kappa shape index (κ1) is 18.5. The summed E-state index contributed by atoms with van der Waals surface area (Å²) in [6.07, 6.45) is 0.478. The van der Waals surface area contributed by atoms with Crippen molar-refractivity contribution in [3.05, 3.63) is 24.3 Å². The van der Waals surface area contributed by atoms with Crippen LogP contribution >= 0.6 is 0 Å². The molecule has 3 amide bonds. The van der Waals surface area contributed by atoms with Crippen LogP contribution in [0.4, 0.5) is 16.2 Å². The highest BCUT2D eigenvalue weighted by Crippen LogP contribution is 2.15. The van der Waals surface area contributed by atoms with E-state index in [0.29, 0.717) is 17.8 Å². The second-order valence-electron chi connectivity index (χ2n) is 5.57. The van der Waals surface area contributed by atoms with E-state index in [9.17, 15) is 14.4 Å². The van der Waals surface area contributed by atoms with E-state index in [1.54, 1.807) is 24.3 Å². The Bertz CT molecular complexity index is 572. The second kappa shape index (κ2) is 8.77. The molecule has 1 aromatic rings. The smallest absolute Gasteiger partial charge is 0.328 e. The summed E-state index contributed by atoms with van der Waals surface area (Å²) in [6, 6.07) is 5.49. The van der Waals surface area contributed by atoms with Crippen LogP contribution in [0, 0.1) is 5.92 Å². The topological polar surface area (TPSA) is 96.5 Å². The van der Waals surface area contributed by atoms with Crippen molar-refractivity contribution in [2.75, 3.05) is 17.7 Å². The van der Waals surface area contributed by atoms with Crippen LogP contribution in [0.5, 0.6) is 0 Å². The van der Waals surface area contributed by atoms with Crippen molar-refractivity contribution < 1.29 is 19.1 Å². The van der Waals surface area contributed by atoms with Crippen LogP contribution in [0.3, 0.4) is 0 Å². The van der Waals surface area contributed by atoms with Gasteiger partial charge in [-0.15, -0.1) is 0 Å². The Morgan fingerprint density at radius 3 is 2.26 bits per heavy atom. The third-order valence-electron chi connectivity index (χ3n) is 2.94. The lowest BCUT2D eigenvalue weighted by molar-refractivity contribution is -0.143. The van der Waals surface area contributed by atoms with Crippen LogP contribution in [0.2, 0.25) is 0 Å². The molecular weight excluding hydrogens is 298 g/mol. The number of methoxy groups -OCH3 is 1. The van der Waals surface area contributed by atoms with Gasteiger partial charge in [0.1, 0.15) is 6.04 Å². The number of amides is 3. The molecule has 1 aromatic carbocycles. The average molecular weight is 321 g/mol. The highest BCUT2D eigenvalue weighted by molar-refractivity contribution is 5.94. The van der Waals surface area contributed by atoms with E-state index in [2.05, 4.69) is 16.0 Å². The van der Waals surface area contributed by atoms with E-state index in [1.165, 1.54) is 14.0 Å². The fourth-order valence-electron chi connectivity index (χ4n) is 2.03. The van der Waals surface area contributed by atoms with Gasteiger partial charge in [0.15, 0.2) is 0 Å². The van der Waals surface area contributed by atoms with Gasteiger partial charge in [-0.2, -0.15) is 0 Å². The first-order valence-corrected chi connectivity index (χ1v) is 7.34. The van der Waals surface area contributed by atoms with Gasteiger partial charge in [0.2, 0.25) is 5.91 Å². The quantitative estimate of drug-likeness (QED) is 0.701. The second-order valence-corrected chi connectivity index (χ2v) is 5.57. The van der Waals surface area contributed by atoms with Crippen LogP contribution in [0.25, 0.3) is 0 Å². The fourth-order valence-corrected chi connectivity index (χ4v) is 2.03. The predicted octanol–water partition coefficient (Wildman–Crippen LogP) is 2.35. The highest BCUT2D eigenvalue weighted by atomic mass is 16.5. The number of hydrogen-bond acceptors (Lipinski definition) is 4. The minimum atomic E-state index is -0.710. The van der Waals surface area contributed by atoms with Gasteiger partial charge < -0.3 is 20.7 Å². The van der Waals surface area contributed by atoms with E-state index in [4.69, 9.17) is 4.74 Å². The molecular formula is C16H23N3O4. The van der Waals surface area contributed by atoms with Crippen LogP contribution in [-0.4, -0.2) is 31.1 Å². The minimum absolute atomic E-state index is 0.200. The molecule has 1 rings (SSSR count). The molecule has 0 aliphatic carbocycles. The third-order valence-corrected chi connectivity index (χ3v) is 2.94. The summed E-state index contributed by atoms with van der Waals surface area (Å²) in [5.74, 6) is -0.461. The van der Waals surface area contributed by atoms with Crippen LogP contribution in [-0.2, 0) is 14.3 Å². The normalized spacial score (nSPS) is 11.5. The summed E-state index contributed by atoms with van der Waals surface area (Å²) in [4.78, 5) is 34.8. The van der Waals surface area contributed by atoms with Gasteiger partial charge in [0, 0.05) is 18.3 Å². The SMILES string of the molecule is COC(=O)C(CC(C)C)NC(=O)Nc1cccc(NC(C)=O)c1. The molecule has 0 saturated heterocycles. The number of carbonyl (C=O) groups is 3. The molecule has 0 bridgehead atoms. The maximum absolute atomic E-state index is 12.0. The first-order chi connectivity index (χ1) is 10.8. The summed E-state index contributed by atoms with van der Waals surface area (Å²) < 4.78 is 4.70. The molecule has 7 heteroatoms. The number of hydrogen-bond donors (Lipinski definition) is 3. The molecule has 126 valence electrons. The molecule has 7 nitrogen and oxygen atoms in total. The average Bonchev–Trinajstić information content (AvgIpc) is 2.44. The summed E-state index contributed by atoms with van der Waals surface area (Å²) in [5, 5.41) is 7.85. The van der Waals surface area contributed by atoms with Crippen molar-refractivity contribution in [3.8, 4) is 0 Å². The zero-order valence-corrected chi connectivity index (χ0v) is 13.8. The van der Waals surface area contributed by atoms with Crippen molar-refractivity contribution in [2.24, 2.45) is 5.92 Å². The van der Waals surface area contributed by atoms with Crippen LogP contribution in [0.15, 0.2) is 24.3 Å². The van der Waals surface area contributed by atoms with Gasteiger partial charge in [-0.05, 0) is 30.5 Å². The highest BCUT2D eigenvalue weighted by Gasteiger charge is 2.22. The molecule has 0 fully saturated rings. The van der Waals surface area contributed by atoms with E-state index in [1.807, 2.05) is 13.8 Å². The number of esters is 1. The Morgan fingerprint density at radius 2 is 1.74 bits per heavy atom. The largest absolute Gasteiger partial charge is 0.467 e. The van der Waals surface area contributed by atoms with Crippen molar-refractivity contribution in [1.82, 2.24) is 5.32 Å². The molecule has 0 saturated carbocycles. The zero-order valence-electron chi connectivity index (χ0n) is 13.8. The van der Waals surface area contributed by atoms with Gasteiger partial charge in [0.25, 0.3) is 0 Å². The zero-order chi connectivity index (χ0) is 17.4. The summed E-state index contributed by atoms with van der Waals surface area (Å²) >= 11 is 0. The first-order valence-electron chi connectivity index (χ1n) is 7.34.